The van der Waals surface area contributed by atoms with E-state index >= 15 is 0 Å². The number of Topliss-reactive ketones (excluding diaryl/α,β-unsaturated/α-hetero) is 2. The molecule has 36 heavy (non-hydrogen) atoms. The third-order valence-electron chi connectivity index (χ3n) is 7.94. The van der Waals surface area contributed by atoms with Crippen LogP contribution in [-0.4, -0.2) is 67.0 Å². The predicted octanol–water partition coefficient (Wildman–Crippen LogP) is 0.536. The molecule has 0 radical (unpaired) electrons. The molecule has 4 N–H and O–H groups in total. The van der Waals surface area contributed by atoms with Crippen molar-refractivity contribution >= 4 is 29.4 Å². The van der Waals surface area contributed by atoms with Crippen LogP contribution >= 0.6 is 0 Å². The number of aliphatic hydroxyl groups excluding tert-OH is 1. The summed E-state index contributed by atoms with van der Waals surface area (Å²) >= 11 is 0. The Morgan fingerprint density at radius 1 is 1.28 bits per heavy atom. The number of methoxy groups -OCH3 is 1. The van der Waals surface area contributed by atoms with Crippen molar-refractivity contribution in [3.8, 4) is 0 Å². The summed E-state index contributed by atoms with van der Waals surface area (Å²) in [4.78, 5) is 63.0. The number of amides is 1. The van der Waals surface area contributed by atoms with Crippen LogP contribution in [0.15, 0.2) is 34.3 Å². The maximum absolute atomic E-state index is 13.8. The third kappa shape index (κ3) is 3.64. The quantitative estimate of drug-likeness (QED) is 0.344. The number of rotatable bonds is 6. The number of ketones is 2. The van der Waals surface area contributed by atoms with Gasteiger partial charge in [-0.05, 0) is 18.9 Å². The van der Waals surface area contributed by atoms with Gasteiger partial charge in [-0.25, -0.2) is 4.79 Å². The van der Waals surface area contributed by atoms with E-state index in [-0.39, 0.29) is 48.5 Å². The Morgan fingerprint density at radius 2 is 1.97 bits per heavy atom. The molecule has 3 unspecified atom stereocenters. The minimum absolute atomic E-state index is 0.0217. The average Bonchev–Trinajstić information content (AvgIpc) is 3.08. The van der Waals surface area contributed by atoms with Gasteiger partial charge < -0.3 is 30.4 Å². The summed E-state index contributed by atoms with van der Waals surface area (Å²) in [5.41, 5.74) is 3.30. The Balaban J connectivity index is 1.99. The number of allylic oxidation sites excluding steroid dienone is 1. The van der Waals surface area contributed by atoms with Crippen LogP contribution in [0.4, 0.5) is 0 Å². The number of carbonyl (C=O) groups excluding carboxylic acids is 5. The van der Waals surface area contributed by atoms with Crippen LogP contribution in [0.25, 0.3) is 0 Å². The van der Waals surface area contributed by atoms with Crippen molar-refractivity contribution < 1.29 is 43.3 Å². The molecular formula is C25H30N2O9. The molecule has 1 saturated heterocycles. The molecule has 1 saturated carbocycles. The molecule has 1 amide bonds. The molecule has 3 aliphatic carbocycles. The second-order valence-electron chi connectivity index (χ2n) is 10.1. The summed E-state index contributed by atoms with van der Waals surface area (Å²) in [5.74, 6) is -4.06. The van der Waals surface area contributed by atoms with E-state index in [4.69, 9.17) is 19.9 Å². The highest BCUT2D eigenvalue weighted by Gasteiger charge is 2.64. The van der Waals surface area contributed by atoms with Gasteiger partial charge in [0.25, 0.3) is 0 Å². The zero-order valence-electron chi connectivity index (χ0n) is 20.6. The van der Waals surface area contributed by atoms with Crippen LogP contribution in [-0.2, 0) is 38.2 Å². The first kappa shape index (κ1) is 25.6. The molecular weight excluding hydrogens is 472 g/mol. The van der Waals surface area contributed by atoms with Gasteiger partial charge in [0, 0.05) is 55.6 Å². The molecule has 0 aromatic rings. The maximum atomic E-state index is 13.8. The van der Waals surface area contributed by atoms with Crippen LogP contribution in [0.2, 0.25) is 0 Å². The third-order valence-corrected chi connectivity index (χ3v) is 7.94. The van der Waals surface area contributed by atoms with Crippen molar-refractivity contribution in [3.05, 3.63) is 34.3 Å². The van der Waals surface area contributed by atoms with Crippen LogP contribution in [0, 0.1) is 16.7 Å². The Hall–Kier alpha value is -3.47. The first-order valence-electron chi connectivity index (χ1n) is 11.7. The van der Waals surface area contributed by atoms with Gasteiger partial charge in [0.05, 0.1) is 24.1 Å². The van der Waals surface area contributed by atoms with E-state index in [9.17, 15) is 29.1 Å². The van der Waals surface area contributed by atoms with E-state index in [1.54, 1.807) is 13.8 Å². The molecule has 2 fully saturated rings. The van der Waals surface area contributed by atoms with E-state index in [2.05, 4.69) is 5.32 Å². The number of aliphatic hydroxyl groups is 1. The first-order valence-corrected chi connectivity index (χ1v) is 11.7. The van der Waals surface area contributed by atoms with Crippen LogP contribution < -0.4 is 11.1 Å². The summed E-state index contributed by atoms with van der Waals surface area (Å²) in [7, 11) is 1.42. The lowest BCUT2D eigenvalue weighted by atomic mass is 9.53. The number of ether oxygens (including phenoxy) is 3. The topological polar surface area (TPSA) is 171 Å². The number of fused-ring (bicyclic) bond motifs is 4. The molecule has 0 aromatic carbocycles. The second-order valence-corrected chi connectivity index (χ2v) is 10.1. The Labute approximate surface area is 207 Å². The van der Waals surface area contributed by atoms with Crippen molar-refractivity contribution in [2.75, 3.05) is 20.3 Å². The first-order chi connectivity index (χ1) is 16.9. The van der Waals surface area contributed by atoms with Gasteiger partial charge in [-0.15, -0.1) is 0 Å². The smallest absolute Gasteiger partial charge is 0.340 e. The maximum Gasteiger partial charge on any atom is 0.340 e. The van der Waals surface area contributed by atoms with Crippen molar-refractivity contribution in [2.45, 2.75) is 52.2 Å². The zero-order chi connectivity index (χ0) is 26.6. The van der Waals surface area contributed by atoms with E-state index in [1.165, 1.54) is 20.2 Å². The largest absolute Gasteiger partial charge is 0.504 e. The fourth-order valence-electron chi connectivity index (χ4n) is 6.35. The summed E-state index contributed by atoms with van der Waals surface area (Å²) in [6.07, 6.45) is 0.0181. The Morgan fingerprint density at radius 3 is 2.58 bits per heavy atom. The predicted molar refractivity (Wildman–Crippen MR) is 123 cm³/mol. The molecule has 0 spiro atoms. The molecule has 0 aromatic heterocycles. The van der Waals surface area contributed by atoms with Crippen molar-refractivity contribution in [1.29, 1.82) is 0 Å². The number of nitrogens with two attached hydrogens (primary N) is 1. The highest BCUT2D eigenvalue weighted by Crippen LogP contribution is 2.62. The number of nitrogens with one attached hydrogen (secondary N) is 1. The zero-order valence-corrected chi connectivity index (χ0v) is 20.6. The van der Waals surface area contributed by atoms with Gasteiger partial charge in [0.1, 0.15) is 18.0 Å². The number of primary amides is 1. The monoisotopic (exact) mass is 502 g/mol. The van der Waals surface area contributed by atoms with Crippen LogP contribution in [0.5, 0.6) is 0 Å². The second kappa shape index (κ2) is 8.88. The molecule has 11 heteroatoms. The van der Waals surface area contributed by atoms with Gasteiger partial charge in [0.15, 0.2) is 5.76 Å². The van der Waals surface area contributed by atoms with Gasteiger partial charge in [-0.3, -0.25) is 19.2 Å². The lowest BCUT2D eigenvalue weighted by Gasteiger charge is -2.53. The van der Waals surface area contributed by atoms with E-state index in [0.29, 0.717) is 12.0 Å². The lowest BCUT2D eigenvalue weighted by Crippen LogP contribution is -2.57. The fourth-order valence-corrected chi connectivity index (χ4v) is 6.35. The Kier molecular flexibility index (Phi) is 6.32. The standard InChI is InChI=1S/C25H30N2O9/c1-11(28)35-14-7-24(2)13(5-6-15(24)29)18-20(14)25(3)16(10-34-4)36-23(33)12(8-27-9-17(26)30)19(25)22(32)21(18)31/h8,13-14,16,27,32H,5-7,9-10H2,1-4H3,(H2,26,30)/b12-8-/t13?,14?,16?,24-,25-/m0/s1. The fraction of sp³-hybridized carbons (Fsp3) is 0.560. The molecule has 1 heterocycles. The summed E-state index contributed by atoms with van der Waals surface area (Å²) in [6, 6.07) is 0. The van der Waals surface area contributed by atoms with Gasteiger partial charge in [-0.2, -0.15) is 0 Å². The van der Waals surface area contributed by atoms with Crippen LogP contribution in [0.3, 0.4) is 0 Å². The highest BCUT2D eigenvalue weighted by atomic mass is 16.6. The molecule has 0 bridgehead atoms. The lowest BCUT2D eigenvalue weighted by molar-refractivity contribution is -0.160. The van der Waals surface area contributed by atoms with E-state index in [0.717, 1.165) is 0 Å². The van der Waals surface area contributed by atoms with Gasteiger partial charge in [-0.1, -0.05) is 6.92 Å². The summed E-state index contributed by atoms with van der Waals surface area (Å²) < 4.78 is 16.8. The van der Waals surface area contributed by atoms with Gasteiger partial charge in [0.2, 0.25) is 11.7 Å². The summed E-state index contributed by atoms with van der Waals surface area (Å²) in [6.45, 7) is 4.29. The number of carbonyl (C=O) groups is 5. The molecule has 5 atom stereocenters. The normalized spacial score (nSPS) is 34.7. The SMILES string of the molecule is COCC1OC(=O)/C(=C\NCC(N)=O)C2=C(O)C(=O)C3=C(C(OC(C)=O)C[C@]4(C)C(=O)CCC34)[C@]21C. The number of cyclic esters (lactones) is 1. The van der Waals surface area contributed by atoms with Gasteiger partial charge >= 0.3 is 11.9 Å². The average molecular weight is 503 g/mol. The van der Waals surface area contributed by atoms with E-state index in [1.807, 2.05) is 0 Å². The van der Waals surface area contributed by atoms with Crippen LogP contribution in [0.1, 0.15) is 40.0 Å². The van der Waals surface area contributed by atoms with Crippen molar-refractivity contribution in [2.24, 2.45) is 22.5 Å². The Bertz CT molecular complexity index is 1170. The minimum Gasteiger partial charge on any atom is -0.504 e. The number of esters is 2. The molecule has 1 aliphatic heterocycles. The number of hydrogen-bond donors (Lipinski definition) is 3. The minimum atomic E-state index is -1.34. The van der Waals surface area contributed by atoms with Crippen molar-refractivity contribution in [3.63, 3.8) is 0 Å². The van der Waals surface area contributed by atoms with Crippen molar-refractivity contribution in [1.82, 2.24) is 5.32 Å². The highest BCUT2D eigenvalue weighted by molar-refractivity contribution is 6.14. The number of hydrogen-bond acceptors (Lipinski definition) is 10. The van der Waals surface area contributed by atoms with E-state index < -0.39 is 58.3 Å². The summed E-state index contributed by atoms with van der Waals surface area (Å²) in [5, 5.41) is 13.9. The molecule has 11 nitrogen and oxygen atoms in total. The molecule has 194 valence electrons. The molecule has 4 rings (SSSR count). The molecule has 4 aliphatic rings.